The summed E-state index contributed by atoms with van der Waals surface area (Å²) in [6.45, 7) is 0. The first-order valence-corrected chi connectivity index (χ1v) is 8.34. The second-order valence-corrected chi connectivity index (χ2v) is 7.18. The van der Waals surface area contributed by atoms with Crippen molar-refractivity contribution < 1.29 is 8.42 Å². The lowest BCUT2D eigenvalue weighted by molar-refractivity contribution is 0.601. The molecular weight excluding hydrogens is 411 g/mol. The highest BCUT2D eigenvalue weighted by atomic mass is 127. The number of rotatable bonds is 3. The summed E-state index contributed by atoms with van der Waals surface area (Å²) in [5.74, 6) is 0. The van der Waals surface area contributed by atoms with Crippen LogP contribution in [0.2, 0.25) is 5.02 Å². The topological polar surface area (TPSA) is 70.0 Å². The van der Waals surface area contributed by atoms with Crippen molar-refractivity contribution in [2.45, 2.75) is 4.90 Å². The number of hydrogen-bond donors (Lipinski definition) is 1. The van der Waals surface area contributed by atoms with E-state index in [0.29, 0.717) is 11.3 Å². The fourth-order valence-electron chi connectivity index (χ4n) is 1.55. The average Bonchev–Trinajstić information content (AvgIpc) is 2.37. The number of nitrogens with zero attached hydrogens (tertiary/aromatic N) is 1. The van der Waals surface area contributed by atoms with Crippen LogP contribution in [-0.4, -0.2) is 8.42 Å². The number of anilines is 1. The van der Waals surface area contributed by atoms with Gasteiger partial charge in [-0.3, -0.25) is 4.72 Å². The zero-order chi connectivity index (χ0) is 14.8. The second kappa shape index (κ2) is 5.99. The Kier molecular flexibility index (Phi) is 4.52. The molecule has 0 spiro atoms. The maximum absolute atomic E-state index is 12.3. The molecule has 102 valence electrons. The smallest absolute Gasteiger partial charge is 0.263 e. The molecule has 0 aliphatic heterocycles. The molecule has 0 aromatic heterocycles. The van der Waals surface area contributed by atoms with Gasteiger partial charge in [0.1, 0.15) is 4.90 Å². The van der Waals surface area contributed by atoms with Crippen molar-refractivity contribution in [3.05, 3.63) is 56.6 Å². The van der Waals surface area contributed by atoms with Crippen LogP contribution in [-0.2, 0) is 10.0 Å². The minimum Gasteiger partial charge on any atom is -0.280 e. The summed E-state index contributed by atoms with van der Waals surface area (Å²) >= 11 is 8.01. The van der Waals surface area contributed by atoms with Gasteiger partial charge in [-0.05, 0) is 59.0 Å². The maximum atomic E-state index is 12.3. The quantitative estimate of drug-likeness (QED) is 0.774. The maximum Gasteiger partial charge on any atom is 0.263 e. The summed E-state index contributed by atoms with van der Waals surface area (Å²) in [4.78, 5) is -0.0583. The van der Waals surface area contributed by atoms with E-state index in [1.54, 1.807) is 18.2 Å². The van der Waals surface area contributed by atoms with Gasteiger partial charge in [0.05, 0.1) is 16.7 Å². The van der Waals surface area contributed by atoms with Gasteiger partial charge >= 0.3 is 0 Å². The molecule has 0 aliphatic carbocycles. The van der Waals surface area contributed by atoms with Gasteiger partial charge in [0, 0.05) is 9.26 Å². The zero-order valence-electron chi connectivity index (χ0n) is 9.97. The van der Waals surface area contributed by atoms with E-state index in [2.05, 4.69) is 27.3 Å². The minimum absolute atomic E-state index is 0.0159. The van der Waals surface area contributed by atoms with Gasteiger partial charge in [-0.25, -0.2) is 8.42 Å². The molecule has 0 aliphatic rings. The van der Waals surface area contributed by atoms with Crippen LogP contribution in [0.5, 0.6) is 0 Å². The number of nitriles is 1. The Hall–Kier alpha value is -1.30. The predicted octanol–water partition coefficient (Wildman–Crippen LogP) is 3.62. The SMILES string of the molecule is N#Cc1ccc(S(=O)(=O)Nc2cccc(I)c2)c(Cl)c1. The predicted molar refractivity (Wildman–Crippen MR) is 86.1 cm³/mol. The van der Waals surface area contributed by atoms with E-state index < -0.39 is 10.0 Å². The first-order valence-electron chi connectivity index (χ1n) is 5.40. The fourth-order valence-corrected chi connectivity index (χ4v) is 3.69. The van der Waals surface area contributed by atoms with Gasteiger partial charge < -0.3 is 0 Å². The summed E-state index contributed by atoms with van der Waals surface area (Å²) in [5, 5.41) is 8.76. The Morgan fingerprint density at radius 3 is 2.55 bits per heavy atom. The molecule has 0 radical (unpaired) electrons. The fraction of sp³-hybridized carbons (Fsp3) is 0. The molecule has 0 bridgehead atoms. The molecule has 2 aromatic carbocycles. The summed E-state index contributed by atoms with van der Waals surface area (Å²) in [7, 11) is -3.78. The third-order valence-electron chi connectivity index (χ3n) is 2.43. The molecule has 0 saturated heterocycles. The minimum atomic E-state index is -3.78. The van der Waals surface area contributed by atoms with Crippen molar-refractivity contribution in [2.75, 3.05) is 4.72 Å². The van der Waals surface area contributed by atoms with Crippen molar-refractivity contribution in [3.63, 3.8) is 0 Å². The van der Waals surface area contributed by atoms with E-state index in [1.165, 1.54) is 18.2 Å². The third-order valence-corrected chi connectivity index (χ3v) is 4.96. The van der Waals surface area contributed by atoms with Crippen LogP contribution in [0, 0.1) is 14.9 Å². The third kappa shape index (κ3) is 3.42. The molecule has 2 aromatic rings. The first kappa shape index (κ1) is 15.1. The van der Waals surface area contributed by atoms with Gasteiger partial charge in [0.15, 0.2) is 0 Å². The van der Waals surface area contributed by atoms with Gasteiger partial charge in [0.2, 0.25) is 0 Å². The summed E-state index contributed by atoms with van der Waals surface area (Å²) in [6, 6.07) is 12.9. The lowest BCUT2D eigenvalue weighted by Gasteiger charge is -2.09. The Morgan fingerprint density at radius 2 is 1.95 bits per heavy atom. The largest absolute Gasteiger partial charge is 0.280 e. The van der Waals surface area contributed by atoms with E-state index in [9.17, 15) is 8.42 Å². The van der Waals surface area contributed by atoms with Crippen molar-refractivity contribution in [1.29, 1.82) is 5.26 Å². The van der Waals surface area contributed by atoms with Gasteiger partial charge in [-0.2, -0.15) is 5.26 Å². The van der Waals surface area contributed by atoms with Crippen molar-refractivity contribution in [1.82, 2.24) is 0 Å². The van der Waals surface area contributed by atoms with Crippen LogP contribution in [0.15, 0.2) is 47.4 Å². The Bertz CT molecular complexity index is 800. The number of hydrogen-bond acceptors (Lipinski definition) is 3. The lowest BCUT2D eigenvalue weighted by Crippen LogP contribution is -2.13. The van der Waals surface area contributed by atoms with Crippen LogP contribution < -0.4 is 4.72 Å². The van der Waals surface area contributed by atoms with Crippen LogP contribution in [0.25, 0.3) is 0 Å². The Morgan fingerprint density at radius 1 is 1.20 bits per heavy atom. The molecule has 1 N–H and O–H groups in total. The van der Waals surface area contributed by atoms with E-state index in [1.807, 2.05) is 12.1 Å². The normalized spacial score (nSPS) is 10.8. The molecule has 0 unspecified atom stereocenters. The van der Waals surface area contributed by atoms with E-state index in [-0.39, 0.29) is 9.92 Å². The van der Waals surface area contributed by atoms with E-state index in [4.69, 9.17) is 16.9 Å². The van der Waals surface area contributed by atoms with Gasteiger partial charge in [-0.1, -0.05) is 17.7 Å². The molecule has 4 nitrogen and oxygen atoms in total. The molecule has 0 saturated carbocycles. The number of nitrogens with one attached hydrogen (secondary N) is 1. The summed E-state index contributed by atoms with van der Waals surface area (Å²) in [5.41, 5.74) is 0.764. The molecule has 20 heavy (non-hydrogen) atoms. The van der Waals surface area contributed by atoms with E-state index in [0.717, 1.165) is 3.57 Å². The monoisotopic (exact) mass is 418 g/mol. The van der Waals surface area contributed by atoms with Crippen LogP contribution in [0.3, 0.4) is 0 Å². The van der Waals surface area contributed by atoms with Crippen molar-refractivity contribution in [2.24, 2.45) is 0 Å². The Balaban J connectivity index is 2.39. The zero-order valence-corrected chi connectivity index (χ0v) is 13.7. The second-order valence-electron chi connectivity index (χ2n) is 3.87. The van der Waals surface area contributed by atoms with Crippen LogP contribution >= 0.6 is 34.2 Å². The van der Waals surface area contributed by atoms with Crippen LogP contribution in [0.4, 0.5) is 5.69 Å². The summed E-state index contributed by atoms with van der Waals surface area (Å²) < 4.78 is 27.9. The number of halogens is 2. The number of benzene rings is 2. The highest BCUT2D eigenvalue weighted by Gasteiger charge is 2.18. The highest BCUT2D eigenvalue weighted by Crippen LogP contribution is 2.25. The van der Waals surface area contributed by atoms with Gasteiger partial charge in [0.25, 0.3) is 10.0 Å². The molecule has 0 atom stereocenters. The average molecular weight is 419 g/mol. The van der Waals surface area contributed by atoms with Crippen molar-refractivity contribution in [3.8, 4) is 6.07 Å². The first-order chi connectivity index (χ1) is 9.42. The highest BCUT2D eigenvalue weighted by molar-refractivity contribution is 14.1. The molecule has 0 fully saturated rings. The molecule has 2 rings (SSSR count). The standard InChI is InChI=1S/C13H8ClIN2O2S/c14-12-6-9(8-16)4-5-13(12)20(18,19)17-11-3-1-2-10(15)7-11/h1-7,17H. The van der Waals surface area contributed by atoms with Gasteiger partial charge in [-0.15, -0.1) is 0 Å². The summed E-state index contributed by atoms with van der Waals surface area (Å²) in [6.07, 6.45) is 0. The van der Waals surface area contributed by atoms with E-state index >= 15 is 0 Å². The molecule has 0 heterocycles. The molecular formula is C13H8ClIN2O2S. The van der Waals surface area contributed by atoms with Crippen molar-refractivity contribution >= 4 is 49.9 Å². The Labute approximate surface area is 135 Å². The lowest BCUT2D eigenvalue weighted by atomic mass is 10.2. The molecule has 7 heteroatoms. The molecule has 0 amide bonds. The van der Waals surface area contributed by atoms with Crippen LogP contribution in [0.1, 0.15) is 5.56 Å². The number of sulfonamides is 1.